The van der Waals surface area contributed by atoms with Gasteiger partial charge in [0.1, 0.15) is 0 Å². The molecule has 8 heteroatoms. The van der Waals surface area contributed by atoms with E-state index in [9.17, 15) is 18.0 Å². The molecule has 1 fully saturated rings. The van der Waals surface area contributed by atoms with Crippen molar-refractivity contribution in [3.63, 3.8) is 0 Å². The maximum atomic E-state index is 13.0. The monoisotopic (exact) mass is 429 g/mol. The van der Waals surface area contributed by atoms with Gasteiger partial charge in [-0.15, -0.1) is 0 Å². The summed E-state index contributed by atoms with van der Waals surface area (Å²) in [7, 11) is -3.65. The summed E-state index contributed by atoms with van der Waals surface area (Å²) in [6, 6.07) is 11.7. The first kappa shape index (κ1) is 22.0. The van der Waals surface area contributed by atoms with Gasteiger partial charge in [-0.1, -0.05) is 23.8 Å². The Morgan fingerprint density at radius 2 is 1.70 bits per heavy atom. The number of carbonyl (C=O) groups excluding carboxylic acids is 2. The zero-order valence-corrected chi connectivity index (χ0v) is 18.3. The summed E-state index contributed by atoms with van der Waals surface area (Å²) >= 11 is 0. The van der Waals surface area contributed by atoms with Crippen molar-refractivity contribution < 1.29 is 18.0 Å². The number of benzene rings is 2. The summed E-state index contributed by atoms with van der Waals surface area (Å²) in [5.41, 5.74) is 3.63. The molecule has 3 rings (SSSR count). The van der Waals surface area contributed by atoms with E-state index in [4.69, 9.17) is 0 Å². The van der Waals surface area contributed by atoms with Crippen LogP contribution in [0.5, 0.6) is 0 Å². The van der Waals surface area contributed by atoms with E-state index >= 15 is 0 Å². The molecule has 30 heavy (non-hydrogen) atoms. The summed E-state index contributed by atoms with van der Waals surface area (Å²) < 4.78 is 27.4. The second kappa shape index (κ2) is 8.97. The predicted molar refractivity (Wildman–Crippen MR) is 116 cm³/mol. The highest BCUT2D eigenvalue weighted by molar-refractivity contribution is 7.89. The minimum absolute atomic E-state index is 0.0876. The standard InChI is InChI=1S/C22H27N3O4S/c1-15-6-10-20(11-7-15)30(28,29)25-12-4-5-19(25)14-23-21(26)22(27)24-18-9-8-16(2)17(3)13-18/h6-11,13,19H,4-5,12,14H2,1-3H3,(H,23,26)(H,24,27)/t19-/m1/s1. The molecule has 2 aromatic rings. The van der Waals surface area contributed by atoms with Gasteiger partial charge in [-0.25, -0.2) is 8.42 Å². The number of rotatable bonds is 5. The van der Waals surface area contributed by atoms with E-state index in [0.717, 1.165) is 16.7 Å². The number of hydrogen-bond donors (Lipinski definition) is 2. The molecule has 0 spiro atoms. The van der Waals surface area contributed by atoms with Crippen LogP contribution >= 0.6 is 0 Å². The minimum Gasteiger partial charge on any atom is -0.346 e. The summed E-state index contributed by atoms with van der Waals surface area (Å²) in [5, 5.41) is 5.15. The highest BCUT2D eigenvalue weighted by Crippen LogP contribution is 2.26. The Morgan fingerprint density at radius 3 is 2.37 bits per heavy atom. The quantitative estimate of drug-likeness (QED) is 0.714. The van der Waals surface area contributed by atoms with Crippen LogP contribution in [0.4, 0.5) is 5.69 Å². The van der Waals surface area contributed by atoms with E-state index in [1.807, 2.05) is 26.8 Å². The first-order chi connectivity index (χ1) is 14.2. The molecule has 160 valence electrons. The number of amides is 2. The Balaban J connectivity index is 1.61. The molecule has 0 bridgehead atoms. The van der Waals surface area contributed by atoms with E-state index in [0.29, 0.717) is 25.1 Å². The Bertz CT molecular complexity index is 1050. The highest BCUT2D eigenvalue weighted by Gasteiger charge is 2.35. The van der Waals surface area contributed by atoms with Gasteiger partial charge in [-0.05, 0) is 69.0 Å². The molecule has 1 atom stereocenters. The molecule has 1 aliphatic heterocycles. The molecule has 1 saturated heterocycles. The van der Waals surface area contributed by atoms with Gasteiger partial charge in [-0.2, -0.15) is 4.31 Å². The fourth-order valence-electron chi connectivity index (χ4n) is 3.47. The zero-order valence-electron chi connectivity index (χ0n) is 17.4. The van der Waals surface area contributed by atoms with E-state index in [-0.39, 0.29) is 17.5 Å². The molecule has 2 aromatic carbocycles. The summed E-state index contributed by atoms with van der Waals surface area (Å²) in [6.45, 7) is 6.27. The Labute approximate surface area is 177 Å². The molecule has 0 aliphatic carbocycles. The van der Waals surface area contributed by atoms with Gasteiger partial charge >= 0.3 is 11.8 Å². The molecule has 0 unspecified atom stereocenters. The lowest BCUT2D eigenvalue weighted by Crippen LogP contribution is -2.45. The normalized spacial score (nSPS) is 17.0. The van der Waals surface area contributed by atoms with Crippen LogP contribution in [-0.4, -0.2) is 43.7 Å². The number of anilines is 1. The van der Waals surface area contributed by atoms with E-state index in [1.54, 1.807) is 36.4 Å². The van der Waals surface area contributed by atoms with Gasteiger partial charge in [0.2, 0.25) is 10.0 Å². The maximum Gasteiger partial charge on any atom is 0.313 e. The average molecular weight is 430 g/mol. The summed E-state index contributed by atoms with van der Waals surface area (Å²) in [4.78, 5) is 24.7. The van der Waals surface area contributed by atoms with Crippen LogP contribution in [-0.2, 0) is 19.6 Å². The van der Waals surface area contributed by atoms with Gasteiger partial charge in [-0.3, -0.25) is 9.59 Å². The van der Waals surface area contributed by atoms with Crippen molar-refractivity contribution in [2.75, 3.05) is 18.4 Å². The number of nitrogens with zero attached hydrogens (tertiary/aromatic N) is 1. The van der Waals surface area contributed by atoms with E-state index in [2.05, 4.69) is 10.6 Å². The van der Waals surface area contributed by atoms with Crippen molar-refractivity contribution in [1.29, 1.82) is 0 Å². The highest BCUT2D eigenvalue weighted by atomic mass is 32.2. The first-order valence-electron chi connectivity index (χ1n) is 9.93. The maximum absolute atomic E-state index is 13.0. The molecule has 1 aliphatic rings. The smallest absolute Gasteiger partial charge is 0.313 e. The average Bonchev–Trinajstić information content (AvgIpc) is 3.19. The van der Waals surface area contributed by atoms with Gasteiger partial charge < -0.3 is 10.6 Å². The van der Waals surface area contributed by atoms with Crippen molar-refractivity contribution in [2.24, 2.45) is 0 Å². The fraction of sp³-hybridized carbons (Fsp3) is 0.364. The van der Waals surface area contributed by atoms with Gasteiger partial charge in [0.15, 0.2) is 0 Å². The molecular formula is C22H27N3O4S. The zero-order chi connectivity index (χ0) is 21.9. The second-order valence-electron chi connectivity index (χ2n) is 7.69. The Hall–Kier alpha value is -2.71. The second-order valence-corrected chi connectivity index (χ2v) is 9.58. The number of carbonyl (C=O) groups is 2. The fourth-order valence-corrected chi connectivity index (χ4v) is 5.17. The van der Waals surface area contributed by atoms with Crippen molar-refractivity contribution in [3.8, 4) is 0 Å². The number of sulfonamides is 1. The van der Waals surface area contributed by atoms with Crippen molar-refractivity contribution >= 4 is 27.5 Å². The minimum atomic E-state index is -3.65. The third-order valence-corrected chi connectivity index (χ3v) is 7.39. The molecule has 0 radical (unpaired) electrons. The number of aryl methyl sites for hydroxylation is 3. The molecule has 0 aromatic heterocycles. The van der Waals surface area contributed by atoms with Gasteiger partial charge in [0, 0.05) is 24.8 Å². The lowest BCUT2D eigenvalue weighted by Gasteiger charge is -2.24. The van der Waals surface area contributed by atoms with E-state index < -0.39 is 21.8 Å². The number of hydrogen-bond acceptors (Lipinski definition) is 4. The summed E-state index contributed by atoms with van der Waals surface area (Å²) in [6.07, 6.45) is 1.34. The molecule has 0 saturated carbocycles. The lowest BCUT2D eigenvalue weighted by atomic mass is 10.1. The largest absolute Gasteiger partial charge is 0.346 e. The SMILES string of the molecule is Cc1ccc(S(=O)(=O)N2CCC[C@@H]2CNC(=O)C(=O)Nc2ccc(C)c(C)c2)cc1. The molecule has 1 heterocycles. The van der Waals surface area contributed by atoms with Crippen LogP contribution in [0.1, 0.15) is 29.5 Å². The van der Waals surface area contributed by atoms with Gasteiger partial charge in [0.05, 0.1) is 4.90 Å². The van der Waals surface area contributed by atoms with Crippen molar-refractivity contribution in [1.82, 2.24) is 9.62 Å². The lowest BCUT2D eigenvalue weighted by molar-refractivity contribution is -0.136. The third-order valence-electron chi connectivity index (χ3n) is 5.42. The third kappa shape index (κ3) is 4.88. The van der Waals surface area contributed by atoms with Crippen LogP contribution in [0.2, 0.25) is 0 Å². The summed E-state index contributed by atoms with van der Waals surface area (Å²) in [5.74, 6) is -1.56. The van der Waals surface area contributed by atoms with Crippen molar-refractivity contribution in [3.05, 3.63) is 59.2 Å². The van der Waals surface area contributed by atoms with Crippen LogP contribution in [0.3, 0.4) is 0 Å². The molecular weight excluding hydrogens is 402 g/mol. The van der Waals surface area contributed by atoms with Crippen molar-refractivity contribution in [2.45, 2.75) is 44.6 Å². The van der Waals surface area contributed by atoms with Gasteiger partial charge in [0.25, 0.3) is 0 Å². The molecule has 2 N–H and O–H groups in total. The molecule has 2 amide bonds. The molecule has 7 nitrogen and oxygen atoms in total. The van der Waals surface area contributed by atoms with Crippen LogP contribution in [0.15, 0.2) is 47.4 Å². The Kier molecular flexibility index (Phi) is 6.58. The Morgan fingerprint density at radius 1 is 1.00 bits per heavy atom. The van der Waals surface area contributed by atoms with Crippen LogP contribution < -0.4 is 10.6 Å². The predicted octanol–water partition coefficient (Wildman–Crippen LogP) is 2.52. The first-order valence-corrected chi connectivity index (χ1v) is 11.4. The van der Waals surface area contributed by atoms with E-state index in [1.165, 1.54) is 4.31 Å². The van der Waals surface area contributed by atoms with Crippen LogP contribution in [0, 0.1) is 20.8 Å². The number of nitrogens with one attached hydrogen (secondary N) is 2. The van der Waals surface area contributed by atoms with Crippen LogP contribution in [0.25, 0.3) is 0 Å². The topological polar surface area (TPSA) is 95.6 Å².